The standard InChI is InChI=1S/C19H27N4O3P/c1-13(24)19-17-9-6-15(23(17)2)12-18(19)26-27(3,25)16-7-4-14(5-8-16)10-11-21-22-20/h4-5,7-8,15,17-19H,6,9-12H2,1-3H3/t15?,17?,18-,19+,27+/m0/s1. The smallest absolute Gasteiger partial charge is 0.229 e. The van der Waals surface area contributed by atoms with Crippen molar-refractivity contribution in [3.8, 4) is 0 Å². The Labute approximate surface area is 160 Å². The Morgan fingerprint density at radius 1 is 1.37 bits per heavy atom. The van der Waals surface area contributed by atoms with Crippen LogP contribution in [0.2, 0.25) is 0 Å². The van der Waals surface area contributed by atoms with Crippen molar-refractivity contribution in [3.63, 3.8) is 0 Å². The van der Waals surface area contributed by atoms with E-state index in [9.17, 15) is 9.36 Å². The van der Waals surface area contributed by atoms with Crippen LogP contribution in [0.15, 0.2) is 29.4 Å². The van der Waals surface area contributed by atoms with Crippen LogP contribution in [-0.2, 0) is 20.3 Å². The van der Waals surface area contributed by atoms with Gasteiger partial charge in [-0.05, 0) is 62.9 Å². The lowest BCUT2D eigenvalue weighted by Gasteiger charge is -2.42. The number of piperidine rings is 1. The monoisotopic (exact) mass is 390 g/mol. The minimum atomic E-state index is -3.04. The number of ketones is 1. The topological polar surface area (TPSA) is 95.4 Å². The molecule has 0 amide bonds. The molecule has 0 radical (unpaired) electrons. The van der Waals surface area contributed by atoms with Crippen LogP contribution in [0.4, 0.5) is 0 Å². The number of carbonyl (C=O) groups excluding carboxylic acids is 1. The van der Waals surface area contributed by atoms with E-state index in [0.29, 0.717) is 24.3 Å². The zero-order valence-electron chi connectivity index (χ0n) is 16.1. The van der Waals surface area contributed by atoms with Crippen LogP contribution in [0.3, 0.4) is 0 Å². The predicted octanol–water partition coefficient (Wildman–Crippen LogP) is 3.53. The number of Topliss-reactive ketones (excluding diaryl/α,β-unsaturated/α-hetero) is 1. The van der Waals surface area contributed by atoms with Gasteiger partial charge in [0.25, 0.3) is 0 Å². The number of fused-ring (bicyclic) bond motifs is 2. The van der Waals surface area contributed by atoms with Crippen molar-refractivity contribution < 1.29 is 13.9 Å². The van der Waals surface area contributed by atoms with Crippen LogP contribution < -0.4 is 5.30 Å². The third-order valence-corrected chi connectivity index (χ3v) is 7.90. The highest BCUT2D eigenvalue weighted by atomic mass is 31.2. The van der Waals surface area contributed by atoms with Crippen LogP contribution >= 0.6 is 7.37 Å². The van der Waals surface area contributed by atoms with Gasteiger partial charge >= 0.3 is 0 Å². The Morgan fingerprint density at radius 3 is 2.70 bits per heavy atom. The summed E-state index contributed by atoms with van der Waals surface area (Å²) < 4.78 is 19.5. The molecular formula is C19H27N4O3P. The van der Waals surface area contributed by atoms with Gasteiger partial charge in [-0.3, -0.25) is 14.3 Å². The molecule has 0 aromatic heterocycles. The van der Waals surface area contributed by atoms with E-state index in [0.717, 1.165) is 24.8 Å². The van der Waals surface area contributed by atoms with E-state index < -0.39 is 7.37 Å². The average Bonchev–Trinajstić information content (AvgIpc) is 2.85. The summed E-state index contributed by atoms with van der Waals surface area (Å²) in [4.78, 5) is 17.3. The molecule has 1 aromatic rings. The average molecular weight is 390 g/mol. The van der Waals surface area contributed by atoms with Crippen molar-refractivity contribution in [2.75, 3.05) is 20.3 Å². The molecule has 5 atom stereocenters. The Bertz CT molecular complexity index is 791. The zero-order valence-corrected chi connectivity index (χ0v) is 17.0. The van der Waals surface area contributed by atoms with Gasteiger partial charge < -0.3 is 4.52 Å². The van der Waals surface area contributed by atoms with Crippen molar-refractivity contribution in [2.24, 2.45) is 11.0 Å². The zero-order chi connectivity index (χ0) is 19.6. The molecule has 27 heavy (non-hydrogen) atoms. The molecule has 8 heteroatoms. The van der Waals surface area contributed by atoms with Crippen molar-refractivity contribution in [1.29, 1.82) is 0 Å². The van der Waals surface area contributed by atoms with E-state index in [4.69, 9.17) is 10.1 Å². The van der Waals surface area contributed by atoms with Gasteiger partial charge in [-0.1, -0.05) is 17.2 Å². The lowest BCUT2D eigenvalue weighted by atomic mass is 9.85. The third kappa shape index (κ3) is 4.27. The highest BCUT2D eigenvalue weighted by molar-refractivity contribution is 7.66. The van der Waals surface area contributed by atoms with Gasteiger partial charge in [-0.2, -0.15) is 0 Å². The summed E-state index contributed by atoms with van der Waals surface area (Å²) in [6.07, 6.45) is 3.16. The van der Waals surface area contributed by atoms with Crippen molar-refractivity contribution >= 4 is 18.5 Å². The molecule has 0 N–H and O–H groups in total. The number of rotatable bonds is 7. The fourth-order valence-corrected chi connectivity index (χ4v) is 6.08. The molecule has 3 rings (SSSR count). The molecule has 2 aliphatic rings. The van der Waals surface area contributed by atoms with Crippen molar-refractivity contribution in [1.82, 2.24) is 4.90 Å². The number of carbonyl (C=O) groups is 1. The molecule has 146 valence electrons. The summed E-state index contributed by atoms with van der Waals surface area (Å²) in [5.74, 6) is -0.101. The summed E-state index contributed by atoms with van der Waals surface area (Å²) in [6, 6.07) is 8.01. The highest BCUT2D eigenvalue weighted by Crippen LogP contribution is 2.49. The summed E-state index contributed by atoms with van der Waals surface area (Å²) in [5, 5.41) is 4.19. The fraction of sp³-hybridized carbons (Fsp3) is 0.632. The Balaban J connectivity index is 1.74. The first-order valence-electron chi connectivity index (χ1n) is 9.42. The number of nitrogens with zero attached hydrogens (tertiary/aromatic N) is 4. The summed E-state index contributed by atoms with van der Waals surface area (Å²) in [7, 11) is -0.961. The molecule has 0 spiro atoms. The van der Waals surface area contributed by atoms with Crippen LogP contribution in [0.1, 0.15) is 31.7 Å². The molecule has 2 fully saturated rings. The van der Waals surface area contributed by atoms with Crippen LogP contribution in [0.5, 0.6) is 0 Å². The second kappa shape index (κ2) is 8.15. The van der Waals surface area contributed by atoms with Crippen molar-refractivity contribution in [3.05, 3.63) is 40.3 Å². The lowest BCUT2D eigenvalue weighted by molar-refractivity contribution is -0.128. The molecule has 7 nitrogen and oxygen atoms in total. The fourth-order valence-electron chi connectivity index (χ4n) is 4.54. The summed E-state index contributed by atoms with van der Waals surface area (Å²) in [5.41, 5.74) is 9.37. The van der Waals surface area contributed by atoms with Gasteiger partial charge in [0.2, 0.25) is 7.37 Å². The molecule has 2 aliphatic heterocycles. The number of hydrogen-bond donors (Lipinski definition) is 0. The summed E-state index contributed by atoms with van der Waals surface area (Å²) >= 11 is 0. The van der Waals surface area contributed by atoms with Crippen molar-refractivity contribution in [2.45, 2.75) is 50.8 Å². The largest absolute Gasteiger partial charge is 0.321 e. The van der Waals surface area contributed by atoms with Crippen LogP contribution in [0, 0.1) is 5.92 Å². The first-order chi connectivity index (χ1) is 12.8. The maximum Gasteiger partial charge on any atom is 0.229 e. The highest BCUT2D eigenvalue weighted by Gasteiger charge is 2.49. The molecule has 2 saturated heterocycles. The molecule has 1 aromatic carbocycles. The van der Waals surface area contributed by atoms with Crippen LogP contribution in [0.25, 0.3) is 10.4 Å². The van der Waals surface area contributed by atoms with E-state index >= 15 is 0 Å². The summed E-state index contributed by atoms with van der Waals surface area (Å²) in [6.45, 7) is 3.65. The Kier molecular flexibility index (Phi) is 6.07. The molecular weight excluding hydrogens is 363 g/mol. The van der Waals surface area contributed by atoms with E-state index in [-0.39, 0.29) is 23.8 Å². The second-order valence-corrected chi connectivity index (χ2v) is 10.1. The number of azide groups is 1. The van der Waals surface area contributed by atoms with Gasteiger partial charge in [0.15, 0.2) is 0 Å². The minimum absolute atomic E-state index is 0.116. The minimum Gasteiger partial charge on any atom is -0.321 e. The Hall–Kier alpha value is -1.65. The van der Waals surface area contributed by atoms with E-state index in [1.54, 1.807) is 13.6 Å². The lowest BCUT2D eigenvalue weighted by Crippen LogP contribution is -2.52. The van der Waals surface area contributed by atoms with E-state index in [2.05, 4.69) is 22.0 Å². The maximum atomic E-state index is 13.3. The molecule has 0 aliphatic carbocycles. The molecule has 2 heterocycles. The molecule has 2 unspecified atom stereocenters. The van der Waals surface area contributed by atoms with Crippen LogP contribution in [-0.4, -0.2) is 49.1 Å². The Morgan fingerprint density at radius 2 is 2.07 bits per heavy atom. The first-order valence-corrected chi connectivity index (χ1v) is 11.5. The maximum absolute atomic E-state index is 13.3. The van der Waals surface area contributed by atoms with Gasteiger partial charge in [0.1, 0.15) is 5.78 Å². The SMILES string of the molecule is CC(=O)[C@@H]1C2CCC(C[C@@H]1O[P@@](C)(=O)c1ccc(CCN=[N+]=[N-])cc1)N2C. The van der Waals surface area contributed by atoms with E-state index in [1.165, 1.54) is 0 Å². The number of hydrogen-bond acceptors (Lipinski definition) is 5. The van der Waals surface area contributed by atoms with E-state index in [1.807, 2.05) is 24.3 Å². The second-order valence-electron chi connectivity index (χ2n) is 7.70. The quantitative estimate of drug-likeness (QED) is 0.308. The predicted molar refractivity (Wildman–Crippen MR) is 106 cm³/mol. The van der Waals surface area contributed by atoms with Gasteiger partial charge in [0.05, 0.1) is 12.0 Å². The number of benzene rings is 1. The first kappa shape index (κ1) is 20.1. The molecule has 0 saturated carbocycles. The van der Waals surface area contributed by atoms with Gasteiger partial charge in [-0.15, -0.1) is 0 Å². The normalized spacial score (nSPS) is 29.7. The third-order valence-electron chi connectivity index (χ3n) is 5.99. The van der Waals surface area contributed by atoms with Gasteiger partial charge in [0, 0.05) is 35.5 Å². The molecule has 2 bridgehead atoms. The van der Waals surface area contributed by atoms with Gasteiger partial charge in [-0.25, -0.2) is 0 Å².